The summed E-state index contributed by atoms with van der Waals surface area (Å²) in [5.74, 6) is 0.648. The van der Waals surface area contributed by atoms with Crippen LogP contribution in [0.3, 0.4) is 0 Å². The van der Waals surface area contributed by atoms with E-state index in [0.29, 0.717) is 12.0 Å². The summed E-state index contributed by atoms with van der Waals surface area (Å²) in [7, 11) is 1.82. The zero-order chi connectivity index (χ0) is 14.7. The normalized spacial score (nSPS) is 24.8. The van der Waals surface area contributed by atoms with Crippen LogP contribution in [0.2, 0.25) is 0 Å². The molecule has 1 heterocycles. The van der Waals surface area contributed by atoms with Crippen molar-refractivity contribution in [2.24, 2.45) is 11.7 Å². The largest absolute Gasteiger partial charge is 0.379 e. The Morgan fingerprint density at radius 1 is 1.45 bits per heavy atom. The molecule has 0 amide bonds. The maximum absolute atomic E-state index is 5.90. The van der Waals surface area contributed by atoms with Gasteiger partial charge in [-0.2, -0.15) is 0 Å². The first-order valence-corrected chi connectivity index (χ1v) is 7.64. The highest BCUT2D eigenvalue weighted by molar-refractivity contribution is 5.51. The molecule has 3 unspecified atom stereocenters. The molecule has 2 rings (SSSR count). The third kappa shape index (κ3) is 3.53. The molecule has 2 N–H and O–H groups in total. The smallest absolute Gasteiger partial charge is 0.0772 e. The molecule has 0 spiro atoms. The zero-order valence-corrected chi connectivity index (χ0v) is 13.2. The van der Waals surface area contributed by atoms with Crippen molar-refractivity contribution in [1.82, 2.24) is 0 Å². The van der Waals surface area contributed by atoms with E-state index in [9.17, 15) is 0 Å². The van der Waals surface area contributed by atoms with Gasteiger partial charge in [-0.25, -0.2) is 0 Å². The van der Waals surface area contributed by atoms with E-state index in [0.717, 1.165) is 19.5 Å². The van der Waals surface area contributed by atoms with Crippen LogP contribution in [0.15, 0.2) is 18.2 Å². The van der Waals surface area contributed by atoms with Crippen LogP contribution in [0.5, 0.6) is 0 Å². The van der Waals surface area contributed by atoms with Crippen molar-refractivity contribution >= 4 is 5.69 Å². The Morgan fingerprint density at radius 2 is 2.20 bits per heavy atom. The standard InChI is InChI=1S/C17H28N2O/c1-12-7-8-19(11-17(12)20-4)16-6-5-15(10-14(3)18)13(2)9-16/h5-6,9,12,14,17H,7-8,10-11,18H2,1-4H3. The van der Waals surface area contributed by atoms with E-state index in [1.165, 1.54) is 23.2 Å². The minimum atomic E-state index is 0.216. The number of benzene rings is 1. The van der Waals surface area contributed by atoms with Crippen molar-refractivity contribution in [3.8, 4) is 0 Å². The van der Waals surface area contributed by atoms with E-state index in [2.05, 4.69) is 43.9 Å². The Labute approximate surface area is 123 Å². The molecule has 20 heavy (non-hydrogen) atoms. The van der Waals surface area contributed by atoms with Crippen molar-refractivity contribution in [2.45, 2.75) is 45.8 Å². The molecule has 1 aromatic carbocycles. The number of hydrogen-bond acceptors (Lipinski definition) is 3. The fourth-order valence-corrected chi connectivity index (χ4v) is 3.03. The summed E-state index contributed by atoms with van der Waals surface area (Å²) in [6, 6.07) is 6.97. The number of ether oxygens (including phenoxy) is 1. The highest BCUT2D eigenvalue weighted by Crippen LogP contribution is 2.26. The fraction of sp³-hybridized carbons (Fsp3) is 0.647. The summed E-state index contributed by atoms with van der Waals surface area (Å²) in [6.45, 7) is 8.63. The average molecular weight is 276 g/mol. The second-order valence-corrected chi connectivity index (χ2v) is 6.28. The molecule has 0 aromatic heterocycles. The van der Waals surface area contributed by atoms with Crippen LogP contribution in [0.4, 0.5) is 5.69 Å². The van der Waals surface area contributed by atoms with Gasteiger partial charge in [0, 0.05) is 31.9 Å². The summed E-state index contributed by atoms with van der Waals surface area (Å²) < 4.78 is 5.60. The van der Waals surface area contributed by atoms with Crippen LogP contribution in [-0.2, 0) is 11.2 Å². The molecule has 3 nitrogen and oxygen atoms in total. The number of rotatable bonds is 4. The Balaban J connectivity index is 2.11. The molecule has 1 fully saturated rings. The number of hydrogen-bond donors (Lipinski definition) is 1. The van der Waals surface area contributed by atoms with E-state index in [-0.39, 0.29) is 6.04 Å². The van der Waals surface area contributed by atoms with Gasteiger partial charge < -0.3 is 15.4 Å². The first kappa shape index (κ1) is 15.3. The number of nitrogens with two attached hydrogens (primary N) is 1. The van der Waals surface area contributed by atoms with Crippen molar-refractivity contribution in [3.63, 3.8) is 0 Å². The summed E-state index contributed by atoms with van der Waals surface area (Å²) >= 11 is 0. The number of anilines is 1. The van der Waals surface area contributed by atoms with Crippen LogP contribution in [-0.4, -0.2) is 32.3 Å². The first-order valence-electron chi connectivity index (χ1n) is 7.64. The Kier molecular flexibility index (Phi) is 5.06. The van der Waals surface area contributed by atoms with Gasteiger partial charge in [0.25, 0.3) is 0 Å². The van der Waals surface area contributed by atoms with Crippen molar-refractivity contribution in [2.75, 3.05) is 25.1 Å². The van der Waals surface area contributed by atoms with E-state index >= 15 is 0 Å². The minimum absolute atomic E-state index is 0.216. The van der Waals surface area contributed by atoms with Crippen LogP contribution >= 0.6 is 0 Å². The highest BCUT2D eigenvalue weighted by Gasteiger charge is 2.26. The average Bonchev–Trinajstić information content (AvgIpc) is 2.41. The predicted molar refractivity (Wildman–Crippen MR) is 85.3 cm³/mol. The van der Waals surface area contributed by atoms with E-state index in [1.807, 2.05) is 7.11 Å². The lowest BCUT2D eigenvalue weighted by molar-refractivity contribution is 0.0498. The molecule has 112 valence electrons. The zero-order valence-electron chi connectivity index (χ0n) is 13.2. The van der Waals surface area contributed by atoms with Crippen LogP contribution in [0, 0.1) is 12.8 Å². The Bertz CT molecular complexity index is 445. The second-order valence-electron chi connectivity index (χ2n) is 6.28. The van der Waals surface area contributed by atoms with Gasteiger partial charge in [0.2, 0.25) is 0 Å². The maximum Gasteiger partial charge on any atom is 0.0772 e. The monoisotopic (exact) mass is 276 g/mol. The SMILES string of the molecule is COC1CN(c2ccc(CC(C)N)c(C)c2)CCC1C. The molecule has 0 aliphatic carbocycles. The van der Waals surface area contributed by atoms with Gasteiger partial charge >= 0.3 is 0 Å². The first-order chi connectivity index (χ1) is 9.51. The summed E-state index contributed by atoms with van der Waals surface area (Å²) in [4.78, 5) is 2.44. The van der Waals surface area contributed by atoms with Gasteiger partial charge in [-0.1, -0.05) is 13.0 Å². The van der Waals surface area contributed by atoms with Gasteiger partial charge in [0.1, 0.15) is 0 Å². The molecule has 1 saturated heterocycles. The van der Waals surface area contributed by atoms with Crippen molar-refractivity contribution < 1.29 is 4.74 Å². The number of nitrogens with zero attached hydrogens (tertiary/aromatic N) is 1. The number of aryl methyl sites for hydroxylation is 1. The molecule has 0 saturated carbocycles. The van der Waals surface area contributed by atoms with Gasteiger partial charge in [0.05, 0.1) is 6.10 Å². The maximum atomic E-state index is 5.90. The van der Waals surface area contributed by atoms with E-state index < -0.39 is 0 Å². The molecule has 1 aliphatic rings. The lowest BCUT2D eigenvalue weighted by Gasteiger charge is -2.37. The van der Waals surface area contributed by atoms with Gasteiger partial charge in [-0.05, 0) is 55.9 Å². The third-order valence-corrected chi connectivity index (χ3v) is 4.43. The number of piperidine rings is 1. The third-order valence-electron chi connectivity index (χ3n) is 4.43. The van der Waals surface area contributed by atoms with Crippen LogP contribution < -0.4 is 10.6 Å². The fourth-order valence-electron chi connectivity index (χ4n) is 3.03. The highest BCUT2D eigenvalue weighted by atomic mass is 16.5. The summed E-state index contributed by atoms with van der Waals surface area (Å²) in [5.41, 5.74) is 9.91. The van der Waals surface area contributed by atoms with Gasteiger partial charge in [-0.3, -0.25) is 0 Å². The predicted octanol–water partition coefficient (Wildman–Crippen LogP) is 2.75. The van der Waals surface area contributed by atoms with E-state index in [1.54, 1.807) is 0 Å². The molecule has 3 heteroatoms. The van der Waals surface area contributed by atoms with Crippen molar-refractivity contribution in [3.05, 3.63) is 29.3 Å². The molecule has 1 aromatic rings. The summed E-state index contributed by atoms with van der Waals surface area (Å²) in [5, 5.41) is 0. The molecule has 1 aliphatic heterocycles. The quantitative estimate of drug-likeness (QED) is 0.919. The second kappa shape index (κ2) is 6.59. The van der Waals surface area contributed by atoms with Crippen LogP contribution in [0.25, 0.3) is 0 Å². The van der Waals surface area contributed by atoms with Crippen molar-refractivity contribution in [1.29, 1.82) is 0 Å². The topological polar surface area (TPSA) is 38.5 Å². The lowest BCUT2D eigenvalue weighted by Crippen LogP contribution is -2.43. The molecular weight excluding hydrogens is 248 g/mol. The Morgan fingerprint density at radius 3 is 2.80 bits per heavy atom. The number of methoxy groups -OCH3 is 1. The molecule has 0 radical (unpaired) electrons. The molecule has 0 bridgehead atoms. The molecule has 3 atom stereocenters. The molecular formula is C17H28N2O. The lowest BCUT2D eigenvalue weighted by atomic mass is 9.94. The Hall–Kier alpha value is -1.06. The van der Waals surface area contributed by atoms with E-state index in [4.69, 9.17) is 10.5 Å². The van der Waals surface area contributed by atoms with Crippen LogP contribution in [0.1, 0.15) is 31.4 Å². The van der Waals surface area contributed by atoms with Gasteiger partial charge in [0.15, 0.2) is 0 Å². The van der Waals surface area contributed by atoms with Gasteiger partial charge in [-0.15, -0.1) is 0 Å². The minimum Gasteiger partial charge on any atom is -0.379 e. The summed E-state index contributed by atoms with van der Waals surface area (Å²) in [6.07, 6.45) is 2.48.